The van der Waals surface area contributed by atoms with Gasteiger partial charge in [-0.3, -0.25) is 0 Å². The van der Waals surface area contributed by atoms with Crippen LogP contribution < -0.4 is 0 Å². The maximum absolute atomic E-state index is 8.51. The molecule has 3 heteroatoms. The van der Waals surface area contributed by atoms with Gasteiger partial charge in [0.1, 0.15) is 0 Å². The summed E-state index contributed by atoms with van der Waals surface area (Å²) >= 11 is 0. The first kappa shape index (κ1) is 14.4. The standard InChI is InChI=1S/C6H14O3.C3H8/c7-3-1-2-6(4-8)5-9;1-3-2/h6-9H,1-5H2;3H2,1-2H3. The van der Waals surface area contributed by atoms with Crippen LogP contribution in [-0.4, -0.2) is 35.1 Å². The zero-order valence-corrected chi connectivity index (χ0v) is 8.16. The van der Waals surface area contributed by atoms with Crippen LogP contribution in [0.1, 0.15) is 33.1 Å². The maximum atomic E-state index is 8.51. The summed E-state index contributed by atoms with van der Waals surface area (Å²) in [6.45, 7) is 4.41. The molecule has 0 aliphatic heterocycles. The van der Waals surface area contributed by atoms with Crippen LogP contribution in [0.5, 0.6) is 0 Å². The third kappa shape index (κ3) is 12.5. The molecule has 0 aliphatic rings. The minimum atomic E-state index is -0.0443. The predicted octanol–water partition coefficient (Wildman–Crippen LogP) is 0.776. The fraction of sp³-hybridized carbons (Fsp3) is 1.00. The lowest BCUT2D eigenvalue weighted by Gasteiger charge is -2.07. The van der Waals surface area contributed by atoms with Gasteiger partial charge in [-0.15, -0.1) is 0 Å². The zero-order chi connectivity index (χ0) is 9.82. The van der Waals surface area contributed by atoms with E-state index < -0.39 is 0 Å². The molecule has 0 aromatic rings. The average Bonchev–Trinajstić information content (AvgIpc) is 2.08. The van der Waals surface area contributed by atoms with Crippen LogP contribution in [0.25, 0.3) is 0 Å². The van der Waals surface area contributed by atoms with Crippen LogP contribution in [0.4, 0.5) is 0 Å². The highest BCUT2D eigenvalue weighted by molar-refractivity contribution is 4.53. The SMILES string of the molecule is CCC.OCCCC(CO)CO. The lowest BCUT2D eigenvalue weighted by molar-refractivity contribution is 0.136. The van der Waals surface area contributed by atoms with Crippen molar-refractivity contribution in [2.75, 3.05) is 19.8 Å². The molecule has 3 N–H and O–H groups in total. The molecule has 0 aliphatic carbocycles. The Bertz CT molecular complexity index is 62.8. The topological polar surface area (TPSA) is 60.7 Å². The second-order valence-electron chi connectivity index (χ2n) is 2.80. The van der Waals surface area contributed by atoms with Gasteiger partial charge in [-0.25, -0.2) is 0 Å². The van der Waals surface area contributed by atoms with Crippen molar-refractivity contribution in [1.29, 1.82) is 0 Å². The van der Waals surface area contributed by atoms with E-state index in [0.29, 0.717) is 12.8 Å². The van der Waals surface area contributed by atoms with Gasteiger partial charge >= 0.3 is 0 Å². The van der Waals surface area contributed by atoms with E-state index >= 15 is 0 Å². The third-order valence-electron chi connectivity index (χ3n) is 1.29. The van der Waals surface area contributed by atoms with Gasteiger partial charge in [0.25, 0.3) is 0 Å². The largest absolute Gasteiger partial charge is 0.396 e. The summed E-state index contributed by atoms with van der Waals surface area (Å²) < 4.78 is 0. The lowest BCUT2D eigenvalue weighted by atomic mass is 10.1. The minimum Gasteiger partial charge on any atom is -0.396 e. The van der Waals surface area contributed by atoms with Gasteiger partial charge in [0.15, 0.2) is 0 Å². The van der Waals surface area contributed by atoms with Gasteiger partial charge < -0.3 is 15.3 Å². The second-order valence-corrected chi connectivity index (χ2v) is 2.80. The molecule has 0 rings (SSSR count). The number of hydrogen-bond acceptors (Lipinski definition) is 3. The van der Waals surface area contributed by atoms with Gasteiger partial charge in [-0.05, 0) is 12.8 Å². The molecule has 0 bridgehead atoms. The van der Waals surface area contributed by atoms with Crippen LogP contribution in [-0.2, 0) is 0 Å². The first-order valence-electron chi connectivity index (χ1n) is 4.59. The van der Waals surface area contributed by atoms with Gasteiger partial charge in [0.2, 0.25) is 0 Å². The second kappa shape index (κ2) is 13.5. The highest BCUT2D eigenvalue weighted by atomic mass is 16.3. The molecule has 0 radical (unpaired) electrons. The Hall–Kier alpha value is -0.120. The van der Waals surface area contributed by atoms with Crippen molar-refractivity contribution in [1.82, 2.24) is 0 Å². The van der Waals surface area contributed by atoms with Crippen LogP contribution in [0.2, 0.25) is 0 Å². The average molecular weight is 178 g/mol. The van der Waals surface area contributed by atoms with Crippen molar-refractivity contribution < 1.29 is 15.3 Å². The summed E-state index contributed by atoms with van der Waals surface area (Å²) in [5.74, 6) is -0.0443. The van der Waals surface area contributed by atoms with E-state index in [1.54, 1.807) is 0 Å². The summed E-state index contributed by atoms with van der Waals surface area (Å²) in [6.07, 6.45) is 2.61. The van der Waals surface area contributed by atoms with E-state index in [-0.39, 0.29) is 25.7 Å². The van der Waals surface area contributed by atoms with Crippen LogP contribution in [0.3, 0.4) is 0 Å². The first-order chi connectivity index (χ1) is 5.76. The van der Waals surface area contributed by atoms with Gasteiger partial charge in [0.05, 0.1) is 0 Å². The highest BCUT2D eigenvalue weighted by Crippen LogP contribution is 2.02. The summed E-state index contributed by atoms with van der Waals surface area (Å²) in [6, 6.07) is 0. The van der Waals surface area contributed by atoms with Crippen LogP contribution in [0, 0.1) is 5.92 Å². The van der Waals surface area contributed by atoms with E-state index in [0.717, 1.165) is 0 Å². The molecule has 12 heavy (non-hydrogen) atoms. The third-order valence-corrected chi connectivity index (χ3v) is 1.29. The molecule has 0 saturated carbocycles. The smallest absolute Gasteiger partial charge is 0.0481 e. The fourth-order valence-electron chi connectivity index (χ4n) is 0.620. The van der Waals surface area contributed by atoms with E-state index in [4.69, 9.17) is 15.3 Å². The van der Waals surface area contributed by atoms with Crippen molar-refractivity contribution in [2.24, 2.45) is 5.92 Å². The lowest BCUT2D eigenvalue weighted by Crippen LogP contribution is -2.11. The first-order valence-corrected chi connectivity index (χ1v) is 4.59. The van der Waals surface area contributed by atoms with Gasteiger partial charge in [-0.1, -0.05) is 20.3 Å². The molecule has 0 saturated heterocycles. The Morgan fingerprint density at radius 2 is 1.42 bits per heavy atom. The molecule has 3 nitrogen and oxygen atoms in total. The molecular formula is C9H22O3. The quantitative estimate of drug-likeness (QED) is 0.583. The molecule has 0 aromatic carbocycles. The minimum absolute atomic E-state index is 0.0104. The van der Waals surface area contributed by atoms with Crippen molar-refractivity contribution in [2.45, 2.75) is 33.1 Å². The Balaban J connectivity index is 0. The number of aliphatic hydroxyl groups is 3. The molecule has 0 aromatic heterocycles. The van der Waals surface area contributed by atoms with E-state index in [2.05, 4.69) is 13.8 Å². The molecule has 0 unspecified atom stereocenters. The molecule has 0 atom stereocenters. The van der Waals surface area contributed by atoms with Gasteiger partial charge in [-0.2, -0.15) is 0 Å². The van der Waals surface area contributed by atoms with Crippen molar-refractivity contribution in [3.8, 4) is 0 Å². The maximum Gasteiger partial charge on any atom is 0.0481 e. The Labute approximate surface area is 75.0 Å². The molecule has 0 heterocycles. The molecule has 0 fully saturated rings. The molecule has 76 valence electrons. The Morgan fingerprint density at radius 1 is 1.00 bits per heavy atom. The fourth-order valence-corrected chi connectivity index (χ4v) is 0.620. The summed E-state index contributed by atoms with van der Waals surface area (Å²) in [7, 11) is 0. The predicted molar refractivity (Wildman–Crippen MR) is 49.9 cm³/mol. The monoisotopic (exact) mass is 178 g/mol. The number of aliphatic hydroxyl groups excluding tert-OH is 3. The number of hydrogen-bond donors (Lipinski definition) is 3. The van der Waals surface area contributed by atoms with Crippen molar-refractivity contribution >= 4 is 0 Å². The highest BCUT2D eigenvalue weighted by Gasteiger charge is 2.03. The van der Waals surface area contributed by atoms with Crippen molar-refractivity contribution in [3.63, 3.8) is 0 Å². The van der Waals surface area contributed by atoms with E-state index in [1.165, 1.54) is 6.42 Å². The molecule has 0 amide bonds. The summed E-state index contributed by atoms with van der Waals surface area (Å²) in [5, 5.41) is 25.4. The van der Waals surface area contributed by atoms with Crippen LogP contribution >= 0.6 is 0 Å². The zero-order valence-electron chi connectivity index (χ0n) is 8.16. The van der Waals surface area contributed by atoms with E-state index in [1.807, 2.05) is 0 Å². The Morgan fingerprint density at radius 3 is 1.67 bits per heavy atom. The van der Waals surface area contributed by atoms with E-state index in [9.17, 15) is 0 Å². The normalized spacial score (nSPS) is 9.50. The Kier molecular flexibility index (Phi) is 16.2. The van der Waals surface area contributed by atoms with Crippen molar-refractivity contribution in [3.05, 3.63) is 0 Å². The molecular weight excluding hydrogens is 156 g/mol. The van der Waals surface area contributed by atoms with Crippen LogP contribution in [0.15, 0.2) is 0 Å². The summed E-state index contributed by atoms with van der Waals surface area (Å²) in [4.78, 5) is 0. The molecule has 0 spiro atoms. The van der Waals surface area contributed by atoms with Gasteiger partial charge in [0, 0.05) is 25.7 Å². The summed E-state index contributed by atoms with van der Waals surface area (Å²) in [5.41, 5.74) is 0. The number of rotatable bonds is 5.